The average molecular weight is 331 g/mol. The summed E-state index contributed by atoms with van der Waals surface area (Å²) in [5.41, 5.74) is 1.62. The second kappa shape index (κ2) is 7.21. The monoisotopic (exact) mass is 331 g/mol. The number of fused-ring (bicyclic) bond motifs is 1. The number of nitrogens with one attached hydrogen (secondary N) is 2. The Kier molecular flexibility index (Phi) is 5.04. The zero-order valence-electron chi connectivity index (χ0n) is 14.3. The molecule has 2 N–H and O–H groups in total. The van der Waals surface area contributed by atoms with Crippen molar-refractivity contribution in [2.24, 2.45) is 0 Å². The van der Waals surface area contributed by atoms with Gasteiger partial charge in [0.2, 0.25) is 5.91 Å². The summed E-state index contributed by atoms with van der Waals surface area (Å²) in [6.07, 6.45) is 3.04. The number of piperidine rings is 1. The number of likely N-dealkylation sites (N-methyl/N-ethyl adjacent to an activating group) is 1. The Morgan fingerprint density at radius 3 is 3.00 bits per heavy atom. The largest absolute Gasteiger partial charge is 0.490 e. The van der Waals surface area contributed by atoms with E-state index < -0.39 is 0 Å². The van der Waals surface area contributed by atoms with Gasteiger partial charge in [-0.2, -0.15) is 0 Å². The van der Waals surface area contributed by atoms with Crippen molar-refractivity contribution in [2.45, 2.75) is 38.3 Å². The molecule has 1 fully saturated rings. The lowest BCUT2D eigenvalue weighted by Crippen LogP contribution is -2.49. The molecule has 0 spiro atoms. The van der Waals surface area contributed by atoms with E-state index in [4.69, 9.17) is 4.74 Å². The Morgan fingerprint density at radius 2 is 2.25 bits per heavy atom. The van der Waals surface area contributed by atoms with Crippen molar-refractivity contribution < 1.29 is 14.3 Å². The second-order valence-corrected chi connectivity index (χ2v) is 6.64. The first-order chi connectivity index (χ1) is 11.5. The number of hydrogen-bond donors (Lipinski definition) is 2. The molecular formula is C18H25N3O3. The van der Waals surface area contributed by atoms with Crippen LogP contribution in [0.25, 0.3) is 0 Å². The lowest BCUT2D eigenvalue weighted by atomic mass is 10.1. The minimum absolute atomic E-state index is 0.0236. The van der Waals surface area contributed by atoms with Crippen molar-refractivity contribution in [1.82, 2.24) is 15.5 Å². The van der Waals surface area contributed by atoms with Crippen LogP contribution in [0.1, 0.15) is 35.7 Å². The highest BCUT2D eigenvalue weighted by Crippen LogP contribution is 2.29. The van der Waals surface area contributed by atoms with Gasteiger partial charge < -0.3 is 20.3 Å². The number of carbonyl (C=O) groups excluding carboxylic acids is 2. The molecule has 2 unspecified atom stereocenters. The molecule has 130 valence electrons. The summed E-state index contributed by atoms with van der Waals surface area (Å²) in [5.74, 6) is 0.565. The third-order valence-electron chi connectivity index (χ3n) is 4.77. The van der Waals surface area contributed by atoms with Gasteiger partial charge in [0.25, 0.3) is 5.91 Å². The molecule has 24 heavy (non-hydrogen) atoms. The fourth-order valence-electron chi connectivity index (χ4n) is 3.31. The van der Waals surface area contributed by atoms with E-state index >= 15 is 0 Å². The molecule has 0 bridgehead atoms. The Balaban J connectivity index is 1.53. The van der Waals surface area contributed by atoms with E-state index in [2.05, 4.69) is 10.6 Å². The maximum absolute atomic E-state index is 12.3. The van der Waals surface area contributed by atoms with Crippen LogP contribution in [0.15, 0.2) is 18.2 Å². The highest BCUT2D eigenvalue weighted by molar-refractivity contribution is 5.96. The van der Waals surface area contributed by atoms with Gasteiger partial charge in [-0.1, -0.05) is 0 Å². The summed E-state index contributed by atoms with van der Waals surface area (Å²) in [7, 11) is 1.81. The molecule has 2 amide bonds. The fourth-order valence-corrected chi connectivity index (χ4v) is 3.31. The standard InChI is InChI=1S/C18H25N3O3/c1-12-8-14-9-13(5-6-16(14)24-12)18(23)20-11-17(22)21(2)15-4-3-7-19-10-15/h5-6,9,12,15,19H,3-4,7-8,10-11H2,1-2H3,(H,20,23). The molecule has 0 radical (unpaired) electrons. The summed E-state index contributed by atoms with van der Waals surface area (Å²) in [5, 5.41) is 6.03. The van der Waals surface area contributed by atoms with Crippen LogP contribution in [-0.4, -0.2) is 55.5 Å². The quantitative estimate of drug-likeness (QED) is 0.862. The number of amides is 2. The number of ether oxygens (including phenoxy) is 1. The number of benzene rings is 1. The molecule has 6 heteroatoms. The van der Waals surface area contributed by atoms with Crippen molar-refractivity contribution in [3.63, 3.8) is 0 Å². The van der Waals surface area contributed by atoms with Crippen LogP contribution in [0.5, 0.6) is 5.75 Å². The van der Waals surface area contributed by atoms with Crippen LogP contribution >= 0.6 is 0 Å². The van der Waals surface area contributed by atoms with Gasteiger partial charge in [0, 0.05) is 31.6 Å². The normalized spacial score (nSPS) is 22.4. The van der Waals surface area contributed by atoms with Crippen molar-refractivity contribution in [3.8, 4) is 5.75 Å². The van der Waals surface area contributed by atoms with Crippen LogP contribution in [0.4, 0.5) is 0 Å². The van der Waals surface area contributed by atoms with Crippen molar-refractivity contribution in [1.29, 1.82) is 0 Å². The summed E-state index contributed by atoms with van der Waals surface area (Å²) in [6.45, 7) is 3.86. The molecule has 0 aliphatic carbocycles. The lowest BCUT2D eigenvalue weighted by Gasteiger charge is -2.31. The van der Waals surface area contributed by atoms with E-state index in [0.29, 0.717) is 5.56 Å². The lowest BCUT2D eigenvalue weighted by molar-refractivity contribution is -0.131. The van der Waals surface area contributed by atoms with Crippen LogP contribution in [0.3, 0.4) is 0 Å². The Bertz CT molecular complexity index is 626. The van der Waals surface area contributed by atoms with Crippen LogP contribution in [0, 0.1) is 0 Å². The summed E-state index contributed by atoms with van der Waals surface area (Å²) in [4.78, 5) is 26.3. The van der Waals surface area contributed by atoms with Crippen molar-refractivity contribution in [2.75, 3.05) is 26.7 Å². The third-order valence-corrected chi connectivity index (χ3v) is 4.77. The molecule has 1 aromatic rings. The Morgan fingerprint density at radius 1 is 1.42 bits per heavy atom. The molecule has 3 rings (SSSR count). The highest BCUT2D eigenvalue weighted by atomic mass is 16.5. The van der Waals surface area contributed by atoms with Crippen LogP contribution in [-0.2, 0) is 11.2 Å². The van der Waals surface area contributed by atoms with Gasteiger partial charge in [0.1, 0.15) is 11.9 Å². The van der Waals surface area contributed by atoms with Crippen LogP contribution < -0.4 is 15.4 Å². The van der Waals surface area contributed by atoms with E-state index in [0.717, 1.165) is 43.7 Å². The van der Waals surface area contributed by atoms with Gasteiger partial charge in [-0.25, -0.2) is 0 Å². The van der Waals surface area contributed by atoms with Gasteiger partial charge in [-0.05, 0) is 50.1 Å². The van der Waals surface area contributed by atoms with Gasteiger partial charge in [0.15, 0.2) is 0 Å². The first-order valence-corrected chi connectivity index (χ1v) is 8.58. The number of nitrogens with zero attached hydrogens (tertiary/aromatic N) is 1. The van der Waals surface area contributed by atoms with E-state index in [1.54, 1.807) is 18.0 Å². The van der Waals surface area contributed by atoms with Gasteiger partial charge in [-0.3, -0.25) is 9.59 Å². The van der Waals surface area contributed by atoms with Gasteiger partial charge >= 0.3 is 0 Å². The van der Waals surface area contributed by atoms with E-state index in [1.807, 2.05) is 19.1 Å². The van der Waals surface area contributed by atoms with Gasteiger partial charge in [0.05, 0.1) is 6.54 Å². The molecule has 1 saturated heterocycles. The molecule has 0 saturated carbocycles. The maximum Gasteiger partial charge on any atom is 0.251 e. The topological polar surface area (TPSA) is 70.7 Å². The zero-order chi connectivity index (χ0) is 17.1. The van der Waals surface area contributed by atoms with Crippen molar-refractivity contribution in [3.05, 3.63) is 29.3 Å². The summed E-state index contributed by atoms with van der Waals surface area (Å²) >= 11 is 0. The zero-order valence-corrected chi connectivity index (χ0v) is 14.3. The molecule has 0 aromatic heterocycles. The van der Waals surface area contributed by atoms with E-state index in [9.17, 15) is 9.59 Å². The van der Waals surface area contributed by atoms with Crippen molar-refractivity contribution >= 4 is 11.8 Å². The number of rotatable bonds is 4. The first-order valence-electron chi connectivity index (χ1n) is 8.58. The third kappa shape index (κ3) is 3.70. The second-order valence-electron chi connectivity index (χ2n) is 6.64. The molecule has 2 heterocycles. The molecule has 2 aliphatic heterocycles. The molecule has 6 nitrogen and oxygen atoms in total. The van der Waals surface area contributed by atoms with E-state index in [-0.39, 0.29) is 30.5 Å². The number of hydrogen-bond acceptors (Lipinski definition) is 4. The first kappa shape index (κ1) is 16.8. The predicted octanol–water partition coefficient (Wildman–Crippen LogP) is 0.950. The maximum atomic E-state index is 12.3. The average Bonchev–Trinajstić information content (AvgIpc) is 2.98. The van der Waals surface area contributed by atoms with Crippen LogP contribution in [0.2, 0.25) is 0 Å². The minimum Gasteiger partial charge on any atom is -0.490 e. The van der Waals surface area contributed by atoms with E-state index in [1.165, 1.54) is 0 Å². The van der Waals surface area contributed by atoms with Gasteiger partial charge in [-0.15, -0.1) is 0 Å². The molecule has 2 aliphatic rings. The SMILES string of the molecule is CC1Cc2cc(C(=O)NCC(=O)N(C)C3CCCNC3)ccc2O1. The Labute approximate surface area is 142 Å². The molecule has 2 atom stereocenters. The summed E-state index contributed by atoms with van der Waals surface area (Å²) in [6, 6.07) is 5.63. The molecular weight excluding hydrogens is 306 g/mol. The smallest absolute Gasteiger partial charge is 0.251 e. The Hall–Kier alpha value is -2.08. The number of carbonyl (C=O) groups is 2. The summed E-state index contributed by atoms with van der Waals surface area (Å²) < 4.78 is 5.64. The minimum atomic E-state index is -0.221. The fraction of sp³-hybridized carbons (Fsp3) is 0.556. The molecule has 1 aromatic carbocycles. The predicted molar refractivity (Wildman–Crippen MR) is 91.2 cm³/mol. The highest BCUT2D eigenvalue weighted by Gasteiger charge is 2.23.